The number of carbonyl (C=O) groups is 1. The minimum absolute atomic E-state index is 0.131. The van der Waals surface area contributed by atoms with E-state index in [4.69, 9.17) is 5.73 Å². The van der Waals surface area contributed by atoms with Gasteiger partial charge in [-0.1, -0.05) is 6.07 Å². The molecule has 2 aromatic rings. The van der Waals surface area contributed by atoms with Crippen LogP contribution in [0.2, 0.25) is 0 Å². The highest BCUT2D eigenvalue weighted by atomic mass is 79.9. The normalized spacial score (nSPS) is 10.3. The first kappa shape index (κ1) is 13.6. The van der Waals surface area contributed by atoms with Crippen molar-refractivity contribution in [1.82, 2.24) is 0 Å². The zero-order valence-corrected chi connectivity index (χ0v) is 12.4. The summed E-state index contributed by atoms with van der Waals surface area (Å²) >= 11 is 3.38. The van der Waals surface area contributed by atoms with Gasteiger partial charge in [-0.25, -0.2) is 0 Å². The average Bonchev–Trinajstić information content (AvgIpc) is 2.36. The van der Waals surface area contributed by atoms with Gasteiger partial charge >= 0.3 is 0 Å². The van der Waals surface area contributed by atoms with Crippen LogP contribution in [0.3, 0.4) is 0 Å². The zero-order valence-electron chi connectivity index (χ0n) is 10.8. The first-order valence-electron chi connectivity index (χ1n) is 5.91. The molecule has 0 bridgehead atoms. The van der Waals surface area contributed by atoms with Crippen molar-refractivity contribution in [3.8, 4) is 0 Å². The molecule has 0 aliphatic carbocycles. The van der Waals surface area contributed by atoms with E-state index in [0.29, 0.717) is 16.9 Å². The van der Waals surface area contributed by atoms with Gasteiger partial charge in [-0.3, -0.25) is 4.79 Å². The summed E-state index contributed by atoms with van der Waals surface area (Å²) in [6.07, 6.45) is 0. The molecule has 0 aromatic heterocycles. The summed E-state index contributed by atoms with van der Waals surface area (Å²) in [4.78, 5) is 12.2. The summed E-state index contributed by atoms with van der Waals surface area (Å²) in [5, 5.41) is 2.86. The number of hydrogen-bond donors (Lipinski definition) is 2. The maximum Gasteiger partial charge on any atom is 0.255 e. The number of halogens is 1. The van der Waals surface area contributed by atoms with Crippen molar-refractivity contribution in [2.45, 2.75) is 13.8 Å². The molecule has 0 fully saturated rings. The van der Waals surface area contributed by atoms with Gasteiger partial charge in [0.15, 0.2) is 0 Å². The molecule has 0 saturated carbocycles. The first-order chi connectivity index (χ1) is 8.97. The third kappa shape index (κ3) is 3.15. The van der Waals surface area contributed by atoms with Gasteiger partial charge in [0.1, 0.15) is 0 Å². The fourth-order valence-electron chi connectivity index (χ4n) is 1.71. The van der Waals surface area contributed by atoms with Crippen LogP contribution in [0.1, 0.15) is 21.5 Å². The quantitative estimate of drug-likeness (QED) is 0.825. The molecular formula is C15H15BrN2O. The molecule has 0 aliphatic heterocycles. The number of nitrogens with one attached hydrogen (secondary N) is 1. The van der Waals surface area contributed by atoms with Crippen LogP contribution in [0.5, 0.6) is 0 Å². The molecule has 98 valence electrons. The van der Waals surface area contributed by atoms with Crippen molar-refractivity contribution in [2.24, 2.45) is 0 Å². The van der Waals surface area contributed by atoms with Gasteiger partial charge in [0.25, 0.3) is 5.91 Å². The second kappa shape index (κ2) is 5.45. The highest BCUT2D eigenvalue weighted by molar-refractivity contribution is 9.10. The Kier molecular flexibility index (Phi) is 3.90. The highest BCUT2D eigenvalue weighted by Crippen LogP contribution is 2.25. The minimum atomic E-state index is -0.131. The Morgan fingerprint density at radius 3 is 2.47 bits per heavy atom. The maximum absolute atomic E-state index is 12.2. The minimum Gasteiger partial charge on any atom is -0.399 e. The number of anilines is 2. The van der Waals surface area contributed by atoms with Gasteiger partial charge in [0, 0.05) is 15.7 Å². The van der Waals surface area contributed by atoms with Crippen LogP contribution < -0.4 is 11.1 Å². The van der Waals surface area contributed by atoms with Crippen LogP contribution in [0.25, 0.3) is 0 Å². The molecule has 1 amide bonds. The van der Waals surface area contributed by atoms with Crippen molar-refractivity contribution >= 4 is 33.2 Å². The molecule has 0 radical (unpaired) electrons. The number of rotatable bonds is 2. The van der Waals surface area contributed by atoms with Gasteiger partial charge in [-0.15, -0.1) is 0 Å². The van der Waals surface area contributed by atoms with E-state index in [-0.39, 0.29) is 5.91 Å². The monoisotopic (exact) mass is 318 g/mol. The van der Waals surface area contributed by atoms with Crippen LogP contribution >= 0.6 is 15.9 Å². The van der Waals surface area contributed by atoms with E-state index < -0.39 is 0 Å². The highest BCUT2D eigenvalue weighted by Gasteiger charge is 2.09. The largest absolute Gasteiger partial charge is 0.399 e. The number of amides is 1. The van der Waals surface area contributed by atoms with E-state index >= 15 is 0 Å². The standard InChI is InChI=1S/C15H15BrN2O/c1-9-3-4-11(7-10(9)2)15(19)18-14-6-5-12(17)8-13(14)16/h3-8H,17H2,1-2H3,(H,18,19). The number of hydrogen-bond acceptors (Lipinski definition) is 2. The summed E-state index contributed by atoms with van der Waals surface area (Å²) in [7, 11) is 0. The Labute approximate surface area is 121 Å². The lowest BCUT2D eigenvalue weighted by Crippen LogP contribution is -2.12. The average molecular weight is 319 g/mol. The maximum atomic E-state index is 12.2. The van der Waals surface area contributed by atoms with Gasteiger partial charge in [0.05, 0.1) is 5.69 Å². The van der Waals surface area contributed by atoms with Gasteiger partial charge in [-0.2, -0.15) is 0 Å². The lowest BCUT2D eigenvalue weighted by atomic mass is 10.1. The zero-order chi connectivity index (χ0) is 14.0. The van der Waals surface area contributed by atoms with Crippen LogP contribution in [0, 0.1) is 13.8 Å². The molecule has 19 heavy (non-hydrogen) atoms. The molecule has 2 rings (SSSR count). The molecule has 0 aliphatic rings. The third-order valence-electron chi connectivity index (χ3n) is 3.01. The Balaban J connectivity index is 2.23. The smallest absolute Gasteiger partial charge is 0.255 e. The summed E-state index contributed by atoms with van der Waals surface area (Å²) in [6, 6.07) is 10.9. The van der Waals surface area contributed by atoms with Gasteiger partial charge in [0.2, 0.25) is 0 Å². The lowest BCUT2D eigenvalue weighted by molar-refractivity contribution is 0.102. The Morgan fingerprint density at radius 2 is 1.84 bits per heavy atom. The van der Waals surface area contributed by atoms with Crippen molar-refractivity contribution in [2.75, 3.05) is 11.1 Å². The Bertz CT molecular complexity index is 638. The van der Waals surface area contributed by atoms with Crippen LogP contribution in [0.4, 0.5) is 11.4 Å². The summed E-state index contributed by atoms with van der Waals surface area (Å²) in [6.45, 7) is 4.01. The van der Waals surface area contributed by atoms with Crippen LogP contribution in [0.15, 0.2) is 40.9 Å². The molecule has 0 atom stereocenters. The predicted molar refractivity (Wildman–Crippen MR) is 82.4 cm³/mol. The molecule has 0 spiro atoms. The van der Waals surface area contributed by atoms with Gasteiger partial charge < -0.3 is 11.1 Å². The molecule has 0 unspecified atom stereocenters. The summed E-state index contributed by atoms with van der Waals surface area (Å²) in [5.41, 5.74) is 9.94. The van der Waals surface area contributed by atoms with Crippen LogP contribution in [-0.2, 0) is 0 Å². The molecule has 0 heterocycles. The second-order valence-corrected chi connectivity index (χ2v) is 5.35. The topological polar surface area (TPSA) is 55.1 Å². The van der Waals surface area contributed by atoms with Crippen LogP contribution in [-0.4, -0.2) is 5.91 Å². The van der Waals surface area contributed by atoms with E-state index in [1.165, 1.54) is 5.56 Å². The number of benzene rings is 2. The molecule has 3 N–H and O–H groups in total. The fraction of sp³-hybridized carbons (Fsp3) is 0.133. The van der Waals surface area contributed by atoms with Crippen molar-refractivity contribution < 1.29 is 4.79 Å². The molecule has 0 saturated heterocycles. The summed E-state index contributed by atoms with van der Waals surface area (Å²) in [5.74, 6) is -0.131. The van der Waals surface area contributed by atoms with Crippen molar-refractivity contribution in [1.29, 1.82) is 0 Å². The predicted octanol–water partition coefficient (Wildman–Crippen LogP) is 3.90. The van der Waals surface area contributed by atoms with E-state index in [0.717, 1.165) is 10.0 Å². The van der Waals surface area contributed by atoms with E-state index in [2.05, 4.69) is 21.2 Å². The fourth-order valence-corrected chi connectivity index (χ4v) is 2.21. The molecule has 2 aromatic carbocycles. The van der Waals surface area contributed by atoms with Crippen molar-refractivity contribution in [3.63, 3.8) is 0 Å². The van der Waals surface area contributed by atoms with Gasteiger partial charge in [-0.05, 0) is 71.2 Å². The molecular weight excluding hydrogens is 304 g/mol. The first-order valence-corrected chi connectivity index (χ1v) is 6.70. The lowest BCUT2D eigenvalue weighted by Gasteiger charge is -2.09. The molecule has 3 nitrogen and oxygen atoms in total. The summed E-state index contributed by atoms with van der Waals surface area (Å²) < 4.78 is 0.768. The number of nitrogens with two attached hydrogens (primary N) is 1. The van der Waals surface area contributed by atoms with E-state index in [1.54, 1.807) is 18.2 Å². The van der Waals surface area contributed by atoms with Crippen molar-refractivity contribution in [3.05, 3.63) is 57.6 Å². The second-order valence-electron chi connectivity index (χ2n) is 4.49. The Hall–Kier alpha value is -1.81. The number of carbonyl (C=O) groups excluding carboxylic acids is 1. The number of aryl methyl sites for hydroxylation is 2. The molecule has 4 heteroatoms. The van der Waals surface area contributed by atoms with E-state index in [1.807, 2.05) is 32.0 Å². The van der Waals surface area contributed by atoms with E-state index in [9.17, 15) is 4.79 Å². The SMILES string of the molecule is Cc1ccc(C(=O)Nc2ccc(N)cc2Br)cc1C. The third-order valence-corrected chi connectivity index (χ3v) is 3.67. The number of nitrogen functional groups attached to an aromatic ring is 1. The Morgan fingerprint density at radius 1 is 1.11 bits per heavy atom.